The van der Waals surface area contributed by atoms with Gasteiger partial charge in [-0.25, -0.2) is 0 Å². The Labute approximate surface area is 76.5 Å². The lowest BCUT2D eigenvalue weighted by atomic mass is 9.85. The minimum atomic E-state index is 0.480. The van der Waals surface area contributed by atoms with E-state index in [0.717, 1.165) is 13.0 Å². The van der Waals surface area contributed by atoms with E-state index in [1.54, 1.807) is 7.05 Å². The lowest BCUT2D eigenvalue weighted by Gasteiger charge is -2.22. The summed E-state index contributed by atoms with van der Waals surface area (Å²) in [5.41, 5.74) is 0.480. The van der Waals surface area contributed by atoms with E-state index < -0.39 is 0 Å². The number of rotatable bonds is 6. The summed E-state index contributed by atoms with van der Waals surface area (Å²) in [6.45, 7) is 7.63. The van der Waals surface area contributed by atoms with E-state index in [-0.39, 0.29) is 0 Å². The zero-order chi connectivity index (χ0) is 9.61. The minimum absolute atomic E-state index is 0.480. The number of hydrogen-bond acceptors (Lipinski definition) is 2. The van der Waals surface area contributed by atoms with E-state index in [1.165, 1.54) is 24.3 Å². The van der Waals surface area contributed by atoms with Crippen molar-refractivity contribution in [2.75, 3.05) is 13.6 Å². The van der Waals surface area contributed by atoms with Gasteiger partial charge in [0.25, 0.3) is 0 Å². The predicted molar refractivity (Wildman–Crippen MR) is 52.3 cm³/mol. The smallest absolute Gasteiger partial charge is 0.0235 e. The molecule has 2 heteroatoms. The maximum Gasteiger partial charge on any atom is 0.0235 e. The van der Waals surface area contributed by atoms with E-state index >= 15 is 0 Å². The molecule has 0 atom stereocenters. The van der Waals surface area contributed by atoms with Gasteiger partial charge in [0.2, 0.25) is 0 Å². The van der Waals surface area contributed by atoms with Crippen LogP contribution in [0.4, 0.5) is 0 Å². The van der Waals surface area contributed by atoms with E-state index in [9.17, 15) is 0 Å². The molecule has 2 nitrogen and oxygen atoms in total. The van der Waals surface area contributed by atoms with Crippen molar-refractivity contribution in [1.82, 2.24) is 5.06 Å². The molecule has 0 saturated carbocycles. The predicted octanol–water partition coefficient (Wildman–Crippen LogP) is 2.91. The molecular formula is C10H23NO. The zero-order valence-corrected chi connectivity index (χ0v) is 8.93. The summed E-state index contributed by atoms with van der Waals surface area (Å²) >= 11 is 0. The molecule has 0 aromatic carbocycles. The van der Waals surface area contributed by atoms with Gasteiger partial charge in [0.05, 0.1) is 0 Å². The fraction of sp³-hybridized carbons (Fsp3) is 1.00. The standard InChI is InChI=1S/C10H23NO/c1-5-10(2,3)8-6-7-9-11(4)12/h12H,5-9H2,1-4H3. The Morgan fingerprint density at radius 3 is 2.25 bits per heavy atom. The molecule has 74 valence electrons. The summed E-state index contributed by atoms with van der Waals surface area (Å²) in [5.74, 6) is 0. The number of unbranched alkanes of at least 4 members (excludes halogenated alkanes) is 1. The molecule has 0 rings (SSSR count). The highest BCUT2D eigenvalue weighted by Gasteiger charge is 2.13. The van der Waals surface area contributed by atoms with E-state index in [1.807, 2.05) is 0 Å². The molecule has 0 radical (unpaired) electrons. The monoisotopic (exact) mass is 173 g/mol. The third-order valence-corrected chi connectivity index (χ3v) is 2.54. The summed E-state index contributed by atoms with van der Waals surface area (Å²) < 4.78 is 0. The molecule has 0 bridgehead atoms. The van der Waals surface area contributed by atoms with Crippen molar-refractivity contribution in [3.05, 3.63) is 0 Å². The largest absolute Gasteiger partial charge is 0.314 e. The van der Waals surface area contributed by atoms with Gasteiger partial charge in [-0.3, -0.25) is 0 Å². The van der Waals surface area contributed by atoms with Gasteiger partial charge < -0.3 is 5.21 Å². The fourth-order valence-corrected chi connectivity index (χ4v) is 1.12. The highest BCUT2D eigenvalue weighted by molar-refractivity contribution is 4.65. The molecular weight excluding hydrogens is 150 g/mol. The van der Waals surface area contributed by atoms with Crippen molar-refractivity contribution in [2.45, 2.75) is 46.5 Å². The summed E-state index contributed by atoms with van der Waals surface area (Å²) in [7, 11) is 1.70. The van der Waals surface area contributed by atoms with Gasteiger partial charge in [0.15, 0.2) is 0 Å². The number of hydrogen-bond donors (Lipinski definition) is 1. The molecule has 0 amide bonds. The molecule has 12 heavy (non-hydrogen) atoms. The van der Waals surface area contributed by atoms with E-state index in [4.69, 9.17) is 5.21 Å². The first-order valence-electron chi connectivity index (χ1n) is 4.88. The molecule has 0 unspecified atom stereocenters. The molecule has 1 N–H and O–H groups in total. The van der Waals surface area contributed by atoms with Crippen molar-refractivity contribution < 1.29 is 5.21 Å². The molecule has 0 aromatic heterocycles. The average molecular weight is 173 g/mol. The topological polar surface area (TPSA) is 23.5 Å². The van der Waals surface area contributed by atoms with Crippen LogP contribution in [0.2, 0.25) is 0 Å². The fourth-order valence-electron chi connectivity index (χ4n) is 1.12. The Morgan fingerprint density at radius 2 is 1.83 bits per heavy atom. The maximum atomic E-state index is 8.87. The quantitative estimate of drug-likeness (QED) is 0.493. The van der Waals surface area contributed by atoms with Crippen LogP contribution in [0.5, 0.6) is 0 Å². The second-order valence-corrected chi connectivity index (χ2v) is 4.36. The van der Waals surface area contributed by atoms with Crippen LogP contribution < -0.4 is 0 Å². The van der Waals surface area contributed by atoms with Gasteiger partial charge in [-0.2, -0.15) is 5.06 Å². The second kappa shape index (κ2) is 5.55. The van der Waals surface area contributed by atoms with Crippen LogP contribution in [0.15, 0.2) is 0 Å². The minimum Gasteiger partial charge on any atom is -0.314 e. The highest BCUT2D eigenvalue weighted by atomic mass is 16.5. The van der Waals surface area contributed by atoms with Crippen LogP contribution in [0.25, 0.3) is 0 Å². The van der Waals surface area contributed by atoms with Crippen molar-refractivity contribution in [3.8, 4) is 0 Å². The summed E-state index contributed by atoms with van der Waals surface area (Å²) in [5, 5.41) is 10.1. The van der Waals surface area contributed by atoms with Gasteiger partial charge in [-0.1, -0.05) is 33.6 Å². The van der Waals surface area contributed by atoms with Crippen molar-refractivity contribution in [2.24, 2.45) is 5.41 Å². The van der Waals surface area contributed by atoms with E-state index in [2.05, 4.69) is 20.8 Å². The normalized spacial score (nSPS) is 12.5. The first-order valence-corrected chi connectivity index (χ1v) is 4.88. The van der Waals surface area contributed by atoms with Crippen LogP contribution in [-0.2, 0) is 0 Å². The summed E-state index contributed by atoms with van der Waals surface area (Å²) in [6.07, 6.45) is 4.81. The van der Waals surface area contributed by atoms with Gasteiger partial charge in [0, 0.05) is 13.6 Å². The van der Waals surface area contributed by atoms with Crippen molar-refractivity contribution in [1.29, 1.82) is 0 Å². The molecule has 0 aliphatic rings. The van der Waals surface area contributed by atoms with Crippen LogP contribution in [0.3, 0.4) is 0 Å². The first-order chi connectivity index (χ1) is 5.48. The molecule has 0 aliphatic carbocycles. The van der Waals surface area contributed by atoms with Crippen LogP contribution in [0.1, 0.15) is 46.5 Å². The SMILES string of the molecule is CCC(C)(C)CCCCN(C)O. The van der Waals surface area contributed by atoms with Crippen LogP contribution in [0, 0.1) is 5.41 Å². The molecule has 0 saturated heterocycles. The van der Waals surface area contributed by atoms with Gasteiger partial charge >= 0.3 is 0 Å². The Hall–Kier alpha value is -0.0800. The lowest BCUT2D eigenvalue weighted by molar-refractivity contribution is -0.0659. The Balaban J connectivity index is 3.31. The molecule has 0 fully saturated rings. The molecule has 0 aliphatic heterocycles. The Bertz CT molecular complexity index is 110. The van der Waals surface area contributed by atoms with Crippen molar-refractivity contribution in [3.63, 3.8) is 0 Å². The summed E-state index contributed by atoms with van der Waals surface area (Å²) in [4.78, 5) is 0. The number of nitrogens with zero attached hydrogens (tertiary/aromatic N) is 1. The van der Waals surface area contributed by atoms with Crippen LogP contribution in [-0.4, -0.2) is 23.9 Å². The highest BCUT2D eigenvalue weighted by Crippen LogP contribution is 2.26. The third-order valence-electron chi connectivity index (χ3n) is 2.54. The maximum absolute atomic E-state index is 8.87. The third kappa shape index (κ3) is 6.62. The summed E-state index contributed by atoms with van der Waals surface area (Å²) in [6, 6.07) is 0. The van der Waals surface area contributed by atoms with Gasteiger partial charge in [-0.15, -0.1) is 0 Å². The van der Waals surface area contributed by atoms with Crippen LogP contribution >= 0.6 is 0 Å². The second-order valence-electron chi connectivity index (χ2n) is 4.36. The average Bonchev–Trinajstić information content (AvgIpc) is 1.98. The lowest BCUT2D eigenvalue weighted by Crippen LogP contribution is -2.15. The van der Waals surface area contributed by atoms with Gasteiger partial charge in [0.1, 0.15) is 0 Å². The Kier molecular flexibility index (Phi) is 5.51. The zero-order valence-electron chi connectivity index (χ0n) is 8.93. The Morgan fingerprint density at radius 1 is 1.25 bits per heavy atom. The molecule has 0 heterocycles. The van der Waals surface area contributed by atoms with Crippen molar-refractivity contribution >= 4 is 0 Å². The number of hydroxylamine groups is 2. The first kappa shape index (κ1) is 11.9. The van der Waals surface area contributed by atoms with E-state index in [0.29, 0.717) is 5.41 Å². The molecule has 0 spiro atoms. The molecule has 0 aromatic rings. The van der Waals surface area contributed by atoms with Gasteiger partial charge in [-0.05, 0) is 18.3 Å².